The highest BCUT2D eigenvalue weighted by molar-refractivity contribution is 6.36. The fraction of sp³-hybridized carbons (Fsp3) is 0.486. The fourth-order valence-corrected chi connectivity index (χ4v) is 8.46. The van der Waals surface area contributed by atoms with Crippen molar-refractivity contribution in [2.24, 2.45) is 0 Å². The van der Waals surface area contributed by atoms with Crippen LogP contribution in [0.5, 0.6) is 6.01 Å². The van der Waals surface area contributed by atoms with Crippen molar-refractivity contribution in [1.29, 1.82) is 5.26 Å². The highest BCUT2D eigenvalue weighted by Gasteiger charge is 2.45. The average molecular weight is 626 g/mol. The summed E-state index contributed by atoms with van der Waals surface area (Å²) in [5.41, 5.74) is 3.24. The van der Waals surface area contributed by atoms with Gasteiger partial charge in [0.15, 0.2) is 0 Å². The highest BCUT2D eigenvalue weighted by atomic mass is 35.5. The van der Waals surface area contributed by atoms with E-state index >= 15 is 0 Å². The van der Waals surface area contributed by atoms with Crippen molar-refractivity contribution in [2.75, 3.05) is 49.6 Å². The molecule has 1 aromatic heterocycles. The third kappa shape index (κ3) is 5.38. The van der Waals surface area contributed by atoms with Crippen LogP contribution < -0.4 is 14.5 Å². The minimum absolute atomic E-state index is 0.00718. The number of halogens is 1. The van der Waals surface area contributed by atoms with Crippen molar-refractivity contribution in [3.05, 3.63) is 65.3 Å². The van der Waals surface area contributed by atoms with E-state index in [1.165, 1.54) is 18.9 Å². The molecule has 2 atom stereocenters. The lowest BCUT2D eigenvalue weighted by molar-refractivity contribution is -0.126. The summed E-state index contributed by atoms with van der Waals surface area (Å²) in [6.45, 7) is 8.47. The Hall–Kier alpha value is -3.87. The first-order chi connectivity index (χ1) is 21.9. The molecule has 234 valence electrons. The van der Waals surface area contributed by atoms with E-state index in [4.69, 9.17) is 26.3 Å². The van der Waals surface area contributed by atoms with Gasteiger partial charge in [0.05, 0.1) is 35.3 Å². The molecule has 0 unspecified atom stereocenters. The molecule has 45 heavy (non-hydrogen) atoms. The molecule has 9 nitrogen and oxygen atoms in total. The van der Waals surface area contributed by atoms with E-state index in [1.54, 1.807) is 4.90 Å². The van der Waals surface area contributed by atoms with Crippen molar-refractivity contribution in [3.63, 3.8) is 0 Å². The molecule has 7 rings (SSSR count). The minimum atomic E-state index is -0.150. The van der Waals surface area contributed by atoms with Gasteiger partial charge in [0.25, 0.3) is 0 Å². The zero-order valence-electron chi connectivity index (χ0n) is 25.9. The van der Waals surface area contributed by atoms with Gasteiger partial charge in [0.2, 0.25) is 5.91 Å². The van der Waals surface area contributed by atoms with Crippen LogP contribution in [0.1, 0.15) is 49.8 Å². The van der Waals surface area contributed by atoms with Crippen LogP contribution >= 0.6 is 11.6 Å². The van der Waals surface area contributed by atoms with E-state index < -0.39 is 0 Å². The molecule has 3 aromatic rings. The van der Waals surface area contributed by atoms with Gasteiger partial charge >= 0.3 is 6.01 Å². The number of aromatic nitrogens is 2. The Balaban J connectivity index is 1.23. The summed E-state index contributed by atoms with van der Waals surface area (Å²) in [6.07, 6.45) is 7.79. The molecule has 1 amide bonds. The molecule has 5 heterocycles. The molecule has 0 spiro atoms. The van der Waals surface area contributed by atoms with Crippen LogP contribution in [0.4, 0.5) is 11.5 Å². The van der Waals surface area contributed by atoms with Crippen molar-refractivity contribution in [2.45, 2.75) is 69.1 Å². The number of rotatable bonds is 8. The molecule has 0 aliphatic carbocycles. The molecule has 4 aliphatic rings. The van der Waals surface area contributed by atoms with Gasteiger partial charge < -0.3 is 19.4 Å². The second-order valence-electron chi connectivity index (χ2n) is 13.0. The fourth-order valence-electron chi connectivity index (χ4n) is 8.18. The number of nitriles is 1. The lowest BCUT2D eigenvalue weighted by Gasteiger charge is -2.35. The van der Waals surface area contributed by atoms with Crippen LogP contribution in [-0.4, -0.2) is 83.1 Å². The number of likely N-dealkylation sites (tertiary alicyclic amines) is 1. The van der Waals surface area contributed by atoms with Crippen molar-refractivity contribution in [3.8, 4) is 12.1 Å². The van der Waals surface area contributed by atoms with Crippen LogP contribution in [0.2, 0.25) is 5.02 Å². The maximum atomic E-state index is 12.7. The normalized spacial score (nSPS) is 22.2. The topological polar surface area (TPSA) is 88.8 Å². The van der Waals surface area contributed by atoms with Gasteiger partial charge in [-0.3, -0.25) is 9.69 Å². The van der Waals surface area contributed by atoms with Gasteiger partial charge in [0, 0.05) is 48.9 Å². The third-order valence-electron chi connectivity index (χ3n) is 10.5. The van der Waals surface area contributed by atoms with Crippen molar-refractivity contribution < 1.29 is 9.53 Å². The number of hydrogen-bond acceptors (Lipinski definition) is 8. The monoisotopic (exact) mass is 625 g/mol. The maximum Gasteiger partial charge on any atom is 0.318 e. The quantitative estimate of drug-likeness (QED) is 0.309. The number of ether oxygens (including phenoxy) is 1. The molecular weight excluding hydrogens is 586 g/mol. The Bertz CT molecular complexity index is 1660. The molecule has 0 radical (unpaired) electrons. The van der Waals surface area contributed by atoms with Crippen LogP contribution in [0.25, 0.3) is 10.8 Å². The second-order valence-corrected chi connectivity index (χ2v) is 13.4. The molecule has 0 saturated carbocycles. The molecular formula is C35H40ClN7O2. The van der Waals surface area contributed by atoms with Crippen molar-refractivity contribution >= 4 is 39.8 Å². The maximum absolute atomic E-state index is 12.7. The number of carbonyl (C=O) groups is 1. The number of anilines is 2. The lowest BCUT2D eigenvalue weighted by atomic mass is 9.95. The largest absolute Gasteiger partial charge is 0.461 e. The average Bonchev–Trinajstić information content (AvgIpc) is 3.77. The number of fused-ring (bicyclic) bond motifs is 3. The van der Waals surface area contributed by atoms with Crippen LogP contribution in [-0.2, 0) is 17.8 Å². The Morgan fingerprint density at radius 2 is 1.98 bits per heavy atom. The van der Waals surface area contributed by atoms with Gasteiger partial charge in [-0.2, -0.15) is 15.2 Å². The molecule has 10 heteroatoms. The Kier molecular flexibility index (Phi) is 8.05. The standard InChI is InChI=1S/C35H40ClN7O2/c1-3-31(44)43-21-26(20-25(43)12-16-37)40(2)33-27-13-19-41(30-11-5-9-24-8-4-10-28(36)32(24)30)22-29(27)38-34(39-33)45-23-35-14-6-17-42(35)18-7-15-35/h3-5,8-11,25-26H,1,6-7,12-15,17-23H2,2H3/t25-,26-/m0/s1. The smallest absolute Gasteiger partial charge is 0.318 e. The van der Waals surface area contributed by atoms with E-state index in [0.717, 1.165) is 77.5 Å². The molecule has 3 fully saturated rings. The van der Waals surface area contributed by atoms with E-state index in [-0.39, 0.29) is 23.5 Å². The number of benzene rings is 2. The number of carbonyl (C=O) groups excluding carboxylic acids is 1. The van der Waals surface area contributed by atoms with Crippen LogP contribution in [0.3, 0.4) is 0 Å². The Morgan fingerprint density at radius 3 is 2.73 bits per heavy atom. The molecule has 0 bridgehead atoms. The molecule has 3 saturated heterocycles. The first-order valence-electron chi connectivity index (χ1n) is 16.1. The van der Waals surface area contributed by atoms with Crippen molar-refractivity contribution in [1.82, 2.24) is 19.8 Å². The number of hydrogen-bond donors (Lipinski definition) is 0. The predicted octanol–water partition coefficient (Wildman–Crippen LogP) is 5.36. The number of amides is 1. The first-order valence-corrected chi connectivity index (χ1v) is 16.5. The summed E-state index contributed by atoms with van der Waals surface area (Å²) in [5.74, 6) is 0.715. The molecule has 2 aromatic carbocycles. The summed E-state index contributed by atoms with van der Waals surface area (Å²) >= 11 is 6.73. The number of likely N-dealkylation sites (N-methyl/N-ethyl adjacent to an activating group) is 1. The SMILES string of the molecule is C=CC(=O)N1C[C@@H](N(C)c2nc(OCC34CCCN3CCC4)nc3c2CCN(c2cccc4cccc(Cl)c24)C3)C[C@@H]1CC#N. The zero-order chi connectivity index (χ0) is 31.1. The second kappa shape index (κ2) is 12.1. The summed E-state index contributed by atoms with van der Waals surface area (Å²) in [7, 11) is 2.05. The van der Waals surface area contributed by atoms with Gasteiger partial charge in [-0.1, -0.05) is 42.4 Å². The summed E-state index contributed by atoms with van der Waals surface area (Å²) in [5, 5.41) is 12.4. The summed E-state index contributed by atoms with van der Waals surface area (Å²) in [6, 6.07) is 14.9. The number of nitrogens with zero attached hydrogens (tertiary/aromatic N) is 7. The highest BCUT2D eigenvalue weighted by Crippen LogP contribution is 2.40. The predicted molar refractivity (Wildman–Crippen MR) is 177 cm³/mol. The first kappa shape index (κ1) is 29.8. The van der Waals surface area contributed by atoms with E-state index in [9.17, 15) is 10.1 Å². The van der Waals surface area contributed by atoms with Gasteiger partial charge in [-0.05, 0) is 75.2 Å². The van der Waals surface area contributed by atoms with E-state index in [0.29, 0.717) is 38.5 Å². The third-order valence-corrected chi connectivity index (χ3v) is 10.9. The van der Waals surface area contributed by atoms with E-state index in [1.807, 2.05) is 19.2 Å². The molecule has 4 aliphatic heterocycles. The van der Waals surface area contributed by atoms with Gasteiger partial charge in [-0.15, -0.1) is 0 Å². The minimum Gasteiger partial charge on any atom is -0.461 e. The van der Waals surface area contributed by atoms with Crippen LogP contribution in [0.15, 0.2) is 49.1 Å². The molecule has 0 N–H and O–H groups in total. The summed E-state index contributed by atoms with van der Waals surface area (Å²) in [4.78, 5) is 31.7. The van der Waals surface area contributed by atoms with Gasteiger partial charge in [-0.25, -0.2) is 0 Å². The lowest BCUT2D eigenvalue weighted by Crippen LogP contribution is -2.44. The summed E-state index contributed by atoms with van der Waals surface area (Å²) < 4.78 is 6.53. The zero-order valence-corrected chi connectivity index (χ0v) is 26.7. The van der Waals surface area contributed by atoms with Crippen LogP contribution in [0, 0.1) is 11.3 Å². The van der Waals surface area contributed by atoms with Gasteiger partial charge in [0.1, 0.15) is 12.4 Å². The Labute approximate surface area is 270 Å². The Morgan fingerprint density at radius 1 is 1.20 bits per heavy atom. The van der Waals surface area contributed by atoms with E-state index in [2.05, 4.69) is 51.6 Å².